The Morgan fingerprint density at radius 2 is 1.78 bits per heavy atom. The van der Waals surface area contributed by atoms with Crippen LogP contribution in [0.15, 0.2) is 34.1 Å². The van der Waals surface area contributed by atoms with Gasteiger partial charge in [0.05, 0.1) is 6.33 Å². The Hall–Kier alpha value is -3.69. The van der Waals surface area contributed by atoms with E-state index in [0.29, 0.717) is 47.2 Å². The summed E-state index contributed by atoms with van der Waals surface area (Å²) in [6, 6.07) is 5.43. The van der Waals surface area contributed by atoms with Gasteiger partial charge in [-0.15, -0.1) is 0 Å². The third kappa shape index (κ3) is 4.98. The molecule has 1 fully saturated rings. The number of imidazole rings is 1. The minimum atomic E-state index is -0.433. The number of amides is 2. The second kappa shape index (κ2) is 10.1. The van der Waals surface area contributed by atoms with Crippen LogP contribution in [0.5, 0.6) is 0 Å². The summed E-state index contributed by atoms with van der Waals surface area (Å²) in [5.41, 5.74) is 1.89. The fourth-order valence-corrected chi connectivity index (χ4v) is 5.09. The number of rotatable bonds is 6. The van der Waals surface area contributed by atoms with E-state index < -0.39 is 11.2 Å². The normalized spacial score (nSPS) is 18.0. The van der Waals surface area contributed by atoms with E-state index in [1.807, 2.05) is 24.0 Å². The van der Waals surface area contributed by atoms with Crippen LogP contribution in [-0.4, -0.2) is 48.5 Å². The third-order valence-corrected chi connectivity index (χ3v) is 6.93. The highest BCUT2D eigenvalue weighted by molar-refractivity contribution is 5.97. The van der Waals surface area contributed by atoms with Gasteiger partial charge in [0.2, 0.25) is 5.91 Å². The number of aryl methyl sites for hydroxylation is 3. The summed E-state index contributed by atoms with van der Waals surface area (Å²) in [6.07, 6.45) is 3.35. The van der Waals surface area contributed by atoms with Crippen molar-refractivity contribution < 1.29 is 9.59 Å². The van der Waals surface area contributed by atoms with E-state index in [0.717, 1.165) is 29.6 Å². The van der Waals surface area contributed by atoms with Crippen molar-refractivity contribution in [2.45, 2.75) is 46.6 Å². The number of anilines is 1. The quantitative estimate of drug-likeness (QED) is 0.565. The van der Waals surface area contributed by atoms with Crippen LogP contribution in [0.3, 0.4) is 0 Å². The standard InChI is InChI=1S/C26H34N6O4/c1-16-11-17(2)14-32(13-16)24(34)19-9-8-18(3)20(12-19)28-21(33)7-6-10-31-15-27-23-22(31)25(35)30(5)26(36)29(23)4/h8-9,12,15-17H,6-7,10-11,13-14H2,1-5H3,(H,28,33). The molecule has 4 rings (SSSR count). The first kappa shape index (κ1) is 25.4. The number of piperidine rings is 1. The third-order valence-electron chi connectivity index (χ3n) is 6.93. The van der Waals surface area contributed by atoms with Crippen molar-refractivity contribution in [1.29, 1.82) is 0 Å². The van der Waals surface area contributed by atoms with Crippen molar-refractivity contribution >= 4 is 28.7 Å². The molecule has 0 spiro atoms. The van der Waals surface area contributed by atoms with Crippen molar-refractivity contribution in [3.8, 4) is 0 Å². The van der Waals surface area contributed by atoms with Gasteiger partial charge in [0.1, 0.15) is 0 Å². The molecule has 0 aliphatic carbocycles. The SMILES string of the molecule is Cc1ccc(C(=O)N2CC(C)CC(C)C2)cc1NC(=O)CCCn1cnc2c1c(=O)n(C)c(=O)n2C. The molecular formula is C26H34N6O4. The monoisotopic (exact) mass is 494 g/mol. The number of likely N-dealkylation sites (tertiary alicyclic amines) is 1. The van der Waals surface area contributed by atoms with Crippen molar-refractivity contribution in [1.82, 2.24) is 23.6 Å². The summed E-state index contributed by atoms with van der Waals surface area (Å²) in [7, 11) is 3.01. The molecule has 0 saturated carbocycles. The van der Waals surface area contributed by atoms with E-state index >= 15 is 0 Å². The summed E-state index contributed by atoms with van der Waals surface area (Å²) in [6.45, 7) is 8.13. The summed E-state index contributed by atoms with van der Waals surface area (Å²) in [5.74, 6) is 0.763. The van der Waals surface area contributed by atoms with Gasteiger partial charge in [-0.2, -0.15) is 0 Å². The maximum Gasteiger partial charge on any atom is 0.332 e. The van der Waals surface area contributed by atoms with Crippen LogP contribution in [0.2, 0.25) is 0 Å². The fourth-order valence-electron chi connectivity index (χ4n) is 5.09. The number of hydrogen-bond donors (Lipinski definition) is 1. The van der Waals surface area contributed by atoms with Gasteiger partial charge in [0.15, 0.2) is 11.2 Å². The van der Waals surface area contributed by atoms with Gasteiger partial charge in [0, 0.05) is 51.4 Å². The molecule has 10 nitrogen and oxygen atoms in total. The Balaban J connectivity index is 1.41. The first-order chi connectivity index (χ1) is 17.1. The summed E-state index contributed by atoms with van der Waals surface area (Å²) in [5, 5.41) is 2.93. The number of fused-ring (bicyclic) bond motifs is 1. The maximum absolute atomic E-state index is 13.1. The lowest BCUT2D eigenvalue weighted by Gasteiger charge is -2.35. The summed E-state index contributed by atoms with van der Waals surface area (Å²) < 4.78 is 4.06. The van der Waals surface area contributed by atoms with E-state index in [-0.39, 0.29) is 18.2 Å². The Kier molecular flexibility index (Phi) is 7.14. The van der Waals surface area contributed by atoms with Crippen LogP contribution in [0.4, 0.5) is 5.69 Å². The number of hydrogen-bond acceptors (Lipinski definition) is 5. The molecule has 1 N–H and O–H groups in total. The molecule has 0 radical (unpaired) electrons. The molecule has 192 valence electrons. The van der Waals surface area contributed by atoms with Gasteiger partial charge in [-0.1, -0.05) is 19.9 Å². The minimum absolute atomic E-state index is 0.00753. The van der Waals surface area contributed by atoms with E-state index in [2.05, 4.69) is 24.1 Å². The predicted molar refractivity (Wildman–Crippen MR) is 138 cm³/mol. The number of nitrogens with one attached hydrogen (secondary N) is 1. The van der Waals surface area contributed by atoms with Crippen LogP contribution >= 0.6 is 0 Å². The van der Waals surface area contributed by atoms with Crippen molar-refractivity contribution in [3.63, 3.8) is 0 Å². The van der Waals surface area contributed by atoms with Crippen molar-refractivity contribution in [2.24, 2.45) is 25.9 Å². The van der Waals surface area contributed by atoms with Crippen molar-refractivity contribution in [2.75, 3.05) is 18.4 Å². The van der Waals surface area contributed by atoms with Crippen LogP contribution in [0.1, 0.15) is 49.0 Å². The lowest BCUT2D eigenvalue weighted by Crippen LogP contribution is -2.42. The largest absolute Gasteiger partial charge is 0.338 e. The number of carbonyl (C=O) groups excluding carboxylic acids is 2. The average Bonchev–Trinajstić information content (AvgIpc) is 3.25. The molecule has 1 aromatic carbocycles. The highest BCUT2D eigenvalue weighted by Gasteiger charge is 2.26. The van der Waals surface area contributed by atoms with E-state index in [9.17, 15) is 19.2 Å². The fraction of sp³-hybridized carbons (Fsp3) is 0.500. The second-order valence-electron chi connectivity index (χ2n) is 10.2. The summed E-state index contributed by atoms with van der Waals surface area (Å²) in [4.78, 5) is 56.6. The van der Waals surface area contributed by atoms with Crippen LogP contribution in [0, 0.1) is 18.8 Å². The topological polar surface area (TPSA) is 111 Å². The number of benzene rings is 1. The van der Waals surface area contributed by atoms with Gasteiger partial charge >= 0.3 is 5.69 Å². The first-order valence-corrected chi connectivity index (χ1v) is 12.4. The van der Waals surface area contributed by atoms with Crippen LogP contribution in [-0.2, 0) is 25.4 Å². The smallest absolute Gasteiger partial charge is 0.332 e. The Labute approximate surface area is 209 Å². The molecule has 2 atom stereocenters. The average molecular weight is 495 g/mol. The number of aromatic nitrogens is 4. The van der Waals surface area contributed by atoms with Gasteiger partial charge in [0.25, 0.3) is 11.5 Å². The second-order valence-corrected chi connectivity index (χ2v) is 10.2. The predicted octanol–water partition coefficient (Wildman–Crippen LogP) is 2.28. The van der Waals surface area contributed by atoms with Crippen LogP contribution in [0.25, 0.3) is 11.2 Å². The zero-order valence-corrected chi connectivity index (χ0v) is 21.6. The Morgan fingerprint density at radius 1 is 1.08 bits per heavy atom. The Bertz CT molecular complexity index is 1420. The van der Waals surface area contributed by atoms with E-state index in [1.54, 1.807) is 17.7 Å². The maximum atomic E-state index is 13.1. The molecular weight excluding hydrogens is 460 g/mol. The molecule has 2 amide bonds. The lowest BCUT2D eigenvalue weighted by molar-refractivity contribution is -0.116. The first-order valence-electron chi connectivity index (χ1n) is 12.4. The molecule has 3 heterocycles. The van der Waals surface area contributed by atoms with Gasteiger partial charge < -0.3 is 14.8 Å². The zero-order chi connectivity index (χ0) is 26.1. The Morgan fingerprint density at radius 3 is 2.47 bits per heavy atom. The number of carbonyl (C=O) groups is 2. The van der Waals surface area contributed by atoms with E-state index in [1.165, 1.54) is 17.9 Å². The molecule has 10 heteroatoms. The molecule has 2 unspecified atom stereocenters. The molecule has 1 saturated heterocycles. The van der Waals surface area contributed by atoms with Gasteiger partial charge in [-0.3, -0.25) is 23.5 Å². The lowest BCUT2D eigenvalue weighted by atomic mass is 9.91. The van der Waals surface area contributed by atoms with E-state index in [4.69, 9.17) is 0 Å². The van der Waals surface area contributed by atoms with Gasteiger partial charge in [-0.25, -0.2) is 9.78 Å². The molecule has 36 heavy (non-hydrogen) atoms. The molecule has 3 aromatic rings. The minimum Gasteiger partial charge on any atom is -0.338 e. The molecule has 1 aliphatic heterocycles. The molecule has 0 bridgehead atoms. The number of nitrogens with zero attached hydrogens (tertiary/aromatic N) is 5. The highest BCUT2D eigenvalue weighted by atomic mass is 16.2. The molecule has 1 aliphatic rings. The molecule has 2 aromatic heterocycles. The van der Waals surface area contributed by atoms with Gasteiger partial charge in [-0.05, 0) is 49.3 Å². The zero-order valence-electron chi connectivity index (χ0n) is 21.6. The van der Waals surface area contributed by atoms with Crippen molar-refractivity contribution in [3.05, 3.63) is 56.5 Å². The van der Waals surface area contributed by atoms with Crippen LogP contribution < -0.4 is 16.6 Å². The highest BCUT2D eigenvalue weighted by Crippen LogP contribution is 2.24. The summed E-state index contributed by atoms with van der Waals surface area (Å²) >= 11 is 0.